The zero-order valence-electron chi connectivity index (χ0n) is 17.1. The van der Waals surface area contributed by atoms with Crippen molar-refractivity contribution in [2.75, 3.05) is 7.05 Å². The van der Waals surface area contributed by atoms with Crippen molar-refractivity contribution in [1.82, 2.24) is 20.3 Å². The van der Waals surface area contributed by atoms with Crippen molar-refractivity contribution in [2.45, 2.75) is 46.1 Å². The van der Waals surface area contributed by atoms with E-state index < -0.39 is 0 Å². The van der Waals surface area contributed by atoms with Crippen molar-refractivity contribution in [3.8, 4) is 11.3 Å². The van der Waals surface area contributed by atoms with E-state index in [4.69, 9.17) is 0 Å². The summed E-state index contributed by atoms with van der Waals surface area (Å²) in [4.78, 5) is 12.2. The maximum absolute atomic E-state index is 13.1. The maximum atomic E-state index is 13.1. The Morgan fingerprint density at radius 2 is 1.82 bits per heavy atom. The van der Waals surface area contributed by atoms with Gasteiger partial charge in [-0.05, 0) is 36.6 Å². The molecule has 1 unspecified atom stereocenters. The van der Waals surface area contributed by atoms with Crippen LogP contribution in [0.5, 0.6) is 0 Å². The van der Waals surface area contributed by atoms with Gasteiger partial charge in [-0.15, -0.1) is 0 Å². The molecular formula is C23H29FN4. The van der Waals surface area contributed by atoms with Crippen LogP contribution in [0.1, 0.15) is 50.3 Å². The standard InChI is InChI=1S/C23H29FN4/c1-5-23(2,3)13-19-15-27-22(28-19)12-21(25-4)17-8-6-16(7-9-17)20-11-10-18(24)14-26-20/h6-11,14-15,21,25H,5,12-13H2,1-4H3,(H,27,28). The maximum Gasteiger partial charge on any atom is 0.141 e. The fraction of sp³-hybridized carbons (Fsp3) is 0.391. The van der Waals surface area contributed by atoms with Crippen LogP contribution in [0.4, 0.5) is 4.39 Å². The molecule has 0 saturated carbocycles. The topological polar surface area (TPSA) is 53.6 Å². The lowest BCUT2D eigenvalue weighted by Crippen LogP contribution is -2.19. The highest BCUT2D eigenvalue weighted by Crippen LogP contribution is 2.26. The van der Waals surface area contributed by atoms with E-state index in [1.54, 1.807) is 6.07 Å². The molecule has 1 atom stereocenters. The van der Waals surface area contributed by atoms with Gasteiger partial charge in [0.25, 0.3) is 0 Å². The summed E-state index contributed by atoms with van der Waals surface area (Å²) in [6.45, 7) is 6.78. The third-order valence-electron chi connectivity index (χ3n) is 5.39. The zero-order valence-corrected chi connectivity index (χ0v) is 17.1. The lowest BCUT2D eigenvalue weighted by molar-refractivity contribution is 0.346. The first-order chi connectivity index (χ1) is 13.4. The molecule has 0 saturated heterocycles. The summed E-state index contributed by atoms with van der Waals surface area (Å²) in [6.07, 6.45) is 6.13. The number of H-pyrrole nitrogens is 1. The lowest BCUT2D eigenvalue weighted by Gasteiger charge is -2.21. The van der Waals surface area contributed by atoms with Gasteiger partial charge in [-0.3, -0.25) is 4.98 Å². The molecule has 0 amide bonds. The zero-order chi connectivity index (χ0) is 20.1. The molecule has 3 rings (SSSR count). The summed E-state index contributed by atoms with van der Waals surface area (Å²) in [7, 11) is 1.96. The van der Waals surface area contributed by atoms with Crippen molar-refractivity contribution < 1.29 is 4.39 Å². The van der Waals surface area contributed by atoms with E-state index >= 15 is 0 Å². The minimum Gasteiger partial charge on any atom is -0.346 e. The first-order valence-corrected chi connectivity index (χ1v) is 9.82. The fourth-order valence-corrected chi connectivity index (χ4v) is 3.25. The largest absolute Gasteiger partial charge is 0.346 e. The number of imidazole rings is 1. The summed E-state index contributed by atoms with van der Waals surface area (Å²) in [5.41, 5.74) is 4.38. The minimum atomic E-state index is -0.323. The van der Waals surface area contributed by atoms with E-state index in [-0.39, 0.29) is 17.3 Å². The summed E-state index contributed by atoms with van der Waals surface area (Å²) in [5, 5.41) is 3.38. The van der Waals surface area contributed by atoms with E-state index in [0.717, 1.165) is 36.3 Å². The Morgan fingerprint density at radius 3 is 2.43 bits per heavy atom. The molecule has 0 spiro atoms. The Kier molecular flexibility index (Phi) is 6.25. The van der Waals surface area contributed by atoms with Crippen molar-refractivity contribution >= 4 is 0 Å². The van der Waals surface area contributed by atoms with Gasteiger partial charge in [-0.2, -0.15) is 0 Å². The van der Waals surface area contributed by atoms with Crippen molar-refractivity contribution in [3.63, 3.8) is 0 Å². The average molecular weight is 381 g/mol. The first-order valence-electron chi connectivity index (χ1n) is 9.82. The Labute approximate surface area is 166 Å². The quantitative estimate of drug-likeness (QED) is 0.572. The van der Waals surface area contributed by atoms with Gasteiger partial charge in [0.15, 0.2) is 0 Å². The molecule has 1 aromatic carbocycles. The summed E-state index contributed by atoms with van der Waals surface area (Å²) in [5.74, 6) is 0.668. The molecule has 0 fully saturated rings. The molecule has 2 N–H and O–H groups in total. The Balaban J connectivity index is 1.70. The number of benzene rings is 1. The Morgan fingerprint density at radius 1 is 1.07 bits per heavy atom. The van der Waals surface area contributed by atoms with Crippen molar-refractivity contribution in [2.24, 2.45) is 5.41 Å². The highest BCUT2D eigenvalue weighted by atomic mass is 19.1. The SMILES string of the molecule is CCC(C)(C)Cc1cnc(CC(NC)c2ccc(-c3ccc(F)cn3)cc2)[nH]1. The van der Waals surface area contributed by atoms with Crippen LogP contribution in [0.25, 0.3) is 11.3 Å². The van der Waals surface area contributed by atoms with Crippen LogP contribution >= 0.6 is 0 Å². The van der Waals surface area contributed by atoms with Crippen LogP contribution in [0.3, 0.4) is 0 Å². The van der Waals surface area contributed by atoms with Gasteiger partial charge in [0, 0.05) is 29.9 Å². The highest BCUT2D eigenvalue weighted by molar-refractivity contribution is 5.59. The number of hydrogen-bond donors (Lipinski definition) is 2. The third kappa shape index (κ3) is 5.04. The number of hydrogen-bond acceptors (Lipinski definition) is 3. The van der Waals surface area contributed by atoms with E-state index in [9.17, 15) is 4.39 Å². The smallest absolute Gasteiger partial charge is 0.141 e. The predicted molar refractivity (Wildman–Crippen MR) is 111 cm³/mol. The van der Waals surface area contributed by atoms with E-state index in [0.29, 0.717) is 0 Å². The van der Waals surface area contributed by atoms with E-state index in [1.165, 1.54) is 23.5 Å². The molecule has 148 valence electrons. The second-order valence-corrected chi connectivity index (χ2v) is 8.08. The predicted octanol–water partition coefficient (Wildman–Crippen LogP) is 5.09. The van der Waals surface area contributed by atoms with Gasteiger partial charge in [0.05, 0.1) is 11.9 Å². The number of pyridine rings is 1. The molecule has 5 heteroatoms. The lowest BCUT2D eigenvalue weighted by atomic mass is 9.85. The Bertz CT molecular complexity index is 882. The van der Waals surface area contributed by atoms with Gasteiger partial charge in [-0.1, -0.05) is 51.5 Å². The molecule has 0 bridgehead atoms. The van der Waals surface area contributed by atoms with Gasteiger partial charge in [-0.25, -0.2) is 9.37 Å². The Hall–Kier alpha value is -2.53. The fourth-order valence-electron chi connectivity index (χ4n) is 3.25. The molecule has 2 heterocycles. The van der Waals surface area contributed by atoms with Crippen molar-refractivity contribution in [1.29, 1.82) is 0 Å². The summed E-state index contributed by atoms with van der Waals surface area (Å²) in [6, 6.07) is 11.5. The molecule has 0 aliphatic heterocycles. The number of nitrogens with zero attached hydrogens (tertiary/aromatic N) is 2. The number of halogens is 1. The van der Waals surface area contributed by atoms with Crippen LogP contribution < -0.4 is 5.32 Å². The molecule has 2 aromatic heterocycles. The molecule has 0 aliphatic carbocycles. The number of likely N-dealkylation sites (N-methyl/N-ethyl adjacent to an activating group) is 1. The van der Waals surface area contributed by atoms with E-state index in [2.05, 4.69) is 53.2 Å². The highest BCUT2D eigenvalue weighted by Gasteiger charge is 2.18. The normalized spacial score (nSPS) is 12.9. The molecule has 3 aromatic rings. The monoisotopic (exact) mass is 380 g/mol. The van der Waals surface area contributed by atoms with Crippen LogP contribution in [-0.4, -0.2) is 22.0 Å². The number of aromatic amines is 1. The van der Waals surface area contributed by atoms with Crippen LogP contribution in [0, 0.1) is 11.2 Å². The van der Waals surface area contributed by atoms with Crippen LogP contribution in [0.2, 0.25) is 0 Å². The molecular weight excluding hydrogens is 351 g/mol. The molecule has 28 heavy (non-hydrogen) atoms. The van der Waals surface area contributed by atoms with Gasteiger partial charge in [0.2, 0.25) is 0 Å². The molecule has 0 aliphatic rings. The average Bonchev–Trinajstić information content (AvgIpc) is 3.13. The number of nitrogens with one attached hydrogen (secondary N) is 2. The molecule has 0 radical (unpaired) electrons. The third-order valence-corrected chi connectivity index (χ3v) is 5.39. The number of rotatable bonds is 8. The summed E-state index contributed by atoms with van der Waals surface area (Å²) >= 11 is 0. The van der Waals surface area contributed by atoms with Crippen LogP contribution in [-0.2, 0) is 12.8 Å². The van der Waals surface area contributed by atoms with E-state index in [1.807, 2.05) is 25.4 Å². The molecule has 4 nitrogen and oxygen atoms in total. The van der Waals surface area contributed by atoms with Gasteiger partial charge in [0.1, 0.15) is 11.6 Å². The first kappa shape index (κ1) is 20.2. The van der Waals surface area contributed by atoms with Crippen molar-refractivity contribution in [3.05, 3.63) is 71.7 Å². The number of aromatic nitrogens is 3. The summed E-state index contributed by atoms with van der Waals surface area (Å²) < 4.78 is 13.1. The van der Waals surface area contributed by atoms with Crippen LogP contribution in [0.15, 0.2) is 48.8 Å². The van der Waals surface area contributed by atoms with Gasteiger partial charge >= 0.3 is 0 Å². The van der Waals surface area contributed by atoms with Gasteiger partial charge < -0.3 is 10.3 Å². The second kappa shape index (κ2) is 8.65. The second-order valence-electron chi connectivity index (χ2n) is 8.08. The minimum absolute atomic E-state index is 0.161.